The van der Waals surface area contributed by atoms with Crippen LogP contribution < -0.4 is 10.2 Å². The van der Waals surface area contributed by atoms with Gasteiger partial charge in [-0.2, -0.15) is 0 Å². The van der Waals surface area contributed by atoms with Crippen LogP contribution in [-0.2, 0) is 0 Å². The van der Waals surface area contributed by atoms with E-state index in [0.717, 1.165) is 25.1 Å². The molecule has 1 aromatic rings. The van der Waals surface area contributed by atoms with Crippen molar-refractivity contribution in [3.05, 3.63) is 34.4 Å². The highest BCUT2D eigenvalue weighted by Crippen LogP contribution is 2.40. The maximum atomic E-state index is 11.0. The number of rotatable bonds is 5. The van der Waals surface area contributed by atoms with Gasteiger partial charge in [0.15, 0.2) is 0 Å². The minimum absolute atomic E-state index is 0.193. The number of nitro benzene ring substituents is 1. The van der Waals surface area contributed by atoms with Crippen LogP contribution in [0.4, 0.5) is 11.4 Å². The van der Waals surface area contributed by atoms with Gasteiger partial charge in [-0.05, 0) is 44.7 Å². The van der Waals surface area contributed by atoms with Gasteiger partial charge < -0.3 is 10.2 Å². The lowest BCUT2D eigenvalue weighted by molar-refractivity contribution is -0.384. The SMILES string of the molecule is CCCNC1CC2CCC(C1)N2c1cccc([N+](=O)[O-])c1. The summed E-state index contributed by atoms with van der Waals surface area (Å²) in [6.07, 6.45) is 5.88. The minimum Gasteiger partial charge on any atom is -0.365 e. The molecule has 2 atom stereocenters. The Labute approximate surface area is 125 Å². The van der Waals surface area contributed by atoms with Crippen molar-refractivity contribution in [3.63, 3.8) is 0 Å². The number of nitrogens with zero attached hydrogens (tertiary/aromatic N) is 2. The molecule has 5 heteroatoms. The van der Waals surface area contributed by atoms with E-state index in [2.05, 4.69) is 17.1 Å². The van der Waals surface area contributed by atoms with Crippen molar-refractivity contribution >= 4 is 11.4 Å². The third-order valence-electron chi connectivity index (χ3n) is 4.75. The zero-order chi connectivity index (χ0) is 14.8. The van der Waals surface area contributed by atoms with Gasteiger partial charge in [-0.1, -0.05) is 13.0 Å². The lowest BCUT2D eigenvalue weighted by atomic mass is 9.96. The molecule has 114 valence electrons. The maximum Gasteiger partial charge on any atom is 0.271 e. The lowest BCUT2D eigenvalue weighted by Crippen LogP contribution is -2.49. The summed E-state index contributed by atoms with van der Waals surface area (Å²) in [5, 5.41) is 14.6. The van der Waals surface area contributed by atoms with Crippen molar-refractivity contribution < 1.29 is 4.92 Å². The highest BCUT2D eigenvalue weighted by atomic mass is 16.6. The monoisotopic (exact) mass is 289 g/mol. The Kier molecular flexibility index (Phi) is 4.10. The molecule has 1 aromatic carbocycles. The summed E-state index contributed by atoms with van der Waals surface area (Å²) < 4.78 is 0. The number of nitrogens with one attached hydrogen (secondary N) is 1. The van der Waals surface area contributed by atoms with Gasteiger partial charge in [-0.25, -0.2) is 0 Å². The summed E-state index contributed by atoms with van der Waals surface area (Å²) in [6.45, 7) is 3.28. The fourth-order valence-corrected chi connectivity index (χ4v) is 3.88. The second-order valence-corrected chi connectivity index (χ2v) is 6.19. The fourth-order valence-electron chi connectivity index (χ4n) is 3.88. The molecule has 2 aliphatic heterocycles. The van der Waals surface area contributed by atoms with E-state index in [0.29, 0.717) is 18.1 Å². The number of benzene rings is 1. The Morgan fingerprint density at radius 3 is 2.67 bits per heavy atom. The number of anilines is 1. The molecule has 21 heavy (non-hydrogen) atoms. The van der Waals surface area contributed by atoms with Crippen LogP contribution in [-0.4, -0.2) is 29.6 Å². The molecule has 2 fully saturated rings. The van der Waals surface area contributed by atoms with Gasteiger partial charge >= 0.3 is 0 Å². The number of hydrogen-bond acceptors (Lipinski definition) is 4. The van der Waals surface area contributed by atoms with Crippen LogP contribution in [0.1, 0.15) is 39.0 Å². The molecular formula is C16H23N3O2. The Balaban J connectivity index is 1.76. The van der Waals surface area contributed by atoms with Crippen molar-refractivity contribution in [1.29, 1.82) is 0 Å². The number of piperidine rings is 1. The van der Waals surface area contributed by atoms with Crippen LogP contribution in [0, 0.1) is 10.1 Å². The zero-order valence-corrected chi connectivity index (χ0v) is 12.5. The molecule has 2 saturated heterocycles. The van der Waals surface area contributed by atoms with Gasteiger partial charge in [0.1, 0.15) is 0 Å². The quantitative estimate of drug-likeness (QED) is 0.668. The summed E-state index contributed by atoms with van der Waals surface area (Å²) in [6, 6.07) is 8.77. The second-order valence-electron chi connectivity index (χ2n) is 6.19. The Bertz CT molecular complexity index is 506. The first-order valence-corrected chi connectivity index (χ1v) is 7.95. The van der Waals surface area contributed by atoms with Crippen LogP contribution in [0.15, 0.2) is 24.3 Å². The topological polar surface area (TPSA) is 58.4 Å². The highest BCUT2D eigenvalue weighted by Gasteiger charge is 2.40. The van der Waals surface area contributed by atoms with Gasteiger partial charge in [0, 0.05) is 35.9 Å². The summed E-state index contributed by atoms with van der Waals surface area (Å²) in [5.41, 5.74) is 1.21. The molecule has 0 radical (unpaired) electrons. The van der Waals surface area contributed by atoms with Crippen LogP contribution in [0.5, 0.6) is 0 Å². The van der Waals surface area contributed by atoms with Crippen molar-refractivity contribution in [2.24, 2.45) is 0 Å². The van der Waals surface area contributed by atoms with Crippen molar-refractivity contribution in [2.45, 2.75) is 57.2 Å². The molecule has 0 amide bonds. The van der Waals surface area contributed by atoms with Crippen LogP contribution in [0.2, 0.25) is 0 Å². The van der Waals surface area contributed by atoms with E-state index < -0.39 is 0 Å². The lowest BCUT2D eigenvalue weighted by Gasteiger charge is -2.41. The van der Waals surface area contributed by atoms with Crippen molar-refractivity contribution in [1.82, 2.24) is 5.32 Å². The molecular weight excluding hydrogens is 266 g/mol. The smallest absolute Gasteiger partial charge is 0.271 e. The predicted octanol–water partition coefficient (Wildman–Crippen LogP) is 3.09. The van der Waals surface area contributed by atoms with E-state index in [4.69, 9.17) is 0 Å². The van der Waals surface area contributed by atoms with Gasteiger partial charge in [-0.15, -0.1) is 0 Å². The Hall–Kier alpha value is -1.62. The number of hydrogen-bond donors (Lipinski definition) is 1. The summed E-state index contributed by atoms with van der Waals surface area (Å²) in [7, 11) is 0. The largest absolute Gasteiger partial charge is 0.365 e. The summed E-state index contributed by atoms with van der Waals surface area (Å²) >= 11 is 0. The molecule has 0 saturated carbocycles. The molecule has 2 aliphatic rings. The molecule has 2 bridgehead atoms. The van der Waals surface area contributed by atoms with Crippen LogP contribution in [0.3, 0.4) is 0 Å². The van der Waals surface area contributed by atoms with E-state index in [1.54, 1.807) is 18.2 Å². The molecule has 5 nitrogen and oxygen atoms in total. The molecule has 2 unspecified atom stereocenters. The third kappa shape index (κ3) is 2.88. The van der Waals surface area contributed by atoms with E-state index in [9.17, 15) is 10.1 Å². The second kappa shape index (κ2) is 6.02. The molecule has 3 rings (SSSR count). The predicted molar refractivity (Wildman–Crippen MR) is 83.7 cm³/mol. The molecule has 2 heterocycles. The van der Waals surface area contributed by atoms with Crippen LogP contribution >= 0.6 is 0 Å². The molecule has 0 aliphatic carbocycles. The Morgan fingerprint density at radius 1 is 1.33 bits per heavy atom. The van der Waals surface area contributed by atoms with E-state index in [1.807, 2.05) is 6.07 Å². The zero-order valence-electron chi connectivity index (χ0n) is 12.5. The molecule has 0 spiro atoms. The number of fused-ring (bicyclic) bond motifs is 2. The standard InChI is InChI=1S/C16H23N3O2/c1-2-8-17-12-9-14-6-7-15(10-12)18(14)13-4-3-5-16(11-13)19(20)21/h3-5,11-12,14-15,17H,2,6-10H2,1H3. The van der Waals surface area contributed by atoms with Gasteiger partial charge in [0.2, 0.25) is 0 Å². The van der Waals surface area contributed by atoms with Gasteiger partial charge in [-0.3, -0.25) is 10.1 Å². The molecule has 0 aromatic heterocycles. The number of nitro groups is 1. The van der Waals surface area contributed by atoms with Crippen molar-refractivity contribution in [3.8, 4) is 0 Å². The highest BCUT2D eigenvalue weighted by molar-refractivity contribution is 5.56. The normalized spacial score (nSPS) is 27.9. The molecule has 1 N–H and O–H groups in total. The Morgan fingerprint density at radius 2 is 2.05 bits per heavy atom. The van der Waals surface area contributed by atoms with E-state index in [1.165, 1.54) is 19.3 Å². The first kappa shape index (κ1) is 14.3. The average Bonchev–Trinajstić information content (AvgIpc) is 2.76. The summed E-state index contributed by atoms with van der Waals surface area (Å²) in [5.74, 6) is 0. The van der Waals surface area contributed by atoms with E-state index >= 15 is 0 Å². The van der Waals surface area contributed by atoms with Gasteiger partial charge in [0.25, 0.3) is 5.69 Å². The van der Waals surface area contributed by atoms with Gasteiger partial charge in [0.05, 0.1) is 4.92 Å². The average molecular weight is 289 g/mol. The first-order valence-electron chi connectivity index (χ1n) is 7.95. The van der Waals surface area contributed by atoms with Crippen LogP contribution in [0.25, 0.3) is 0 Å². The van der Waals surface area contributed by atoms with Crippen molar-refractivity contribution in [2.75, 3.05) is 11.4 Å². The fraction of sp³-hybridized carbons (Fsp3) is 0.625. The van der Waals surface area contributed by atoms with E-state index in [-0.39, 0.29) is 10.6 Å². The summed E-state index contributed by atoms with van der Waals surface area (Å²) in [4.78, 5) is 13.1. The third-order valence-corrected chi connectivity index (χ3v) is 4.75. The maximum absolute atomic E-state index is 11.0. The first-order chi connectivity index (χ1) is 10.2. The minimum atomic E-state index is -0.305. The number of non-ortho nitro benzene ring substituents is 1.